The third kappa shape index (κ3) is 2.69. The van der Waals surface area contributed by atoms with E-state index in [1.165, 1.54) is 0 Å². The Morgan fingerprint density at radius 1 is 1.53 bits per heavy atom. The molecule has 3 heteroatoms. The van der Waals surface area contributed by atoms with Gasteiger partial charge in [0.15, 0.2) is 0 Å². The van der Waals surface area contributed by atoms with Crippen LogP contribution >= 0.6 is 12.2 Å². The average Bonchev–Trinajstić information content (AvgIpc) is 2.54. The van der Waals surface area contributed by atoms with Gasteiger partial charge in [-0.15, -0.1) is 0 Å². The van der Waals surface area contributed by atoms with Gasteiger partial charge in [0.05, 0.1) is 11.1 Å². The number of nitriles is 1. The Balaban J connectivity index is 2.75. The SMILES string of the molecule is CCC(CC)C(C#N)N1CC(C)CC1=S. The molecule has 0 aromatic rings. The van der Waals surface area contributed by atoms with Gasteiger partial charge in [0.2, 0.25) is 0 Å². The van der Waals surface area contributed by atoms with Crippen LogP contribution in [-0.2, 0) is 0 Å². The molecule has 0 aromatic heterocycles. The Kier molecular flexibility index (Phi) is 4.53. The van der Waals surface area contributed by atoms with Crippen molar-refractivity contribution < 1.29 is 0 Å². The molecule has 0 spiro atoms. The lowest BCUT2D eigenvalue weighted by Gasteiger charge is -2.30. The van der Waals surface area contributed by atoms with Gasteiger partial charge < -0.3 is 4.90 Å². The van der Waals surface area contributed by atoms with Gasteiger partial charge in [-0.25, -0.2) is 0 Å². The third-order valence-electron chi connectivity index (χ3n) is 3.32. The lowest BCUT2D eigenvalue weighted by Crippen LogP contribution is -2.39. The highest BCUT2D eigenvalue weighted by atomic mass is 32.1. The van der Waals surface area contributed by atoms with Crippen LogP contribution in [0.25, 0.3) is 0 Å². The zero-order valence-electron chi connectivity index (χ0n) is 9.86. The third-order valence-corrected chi connectivity index (χ3v) is 3.72. The van der Waals surface area contributed by atoms with E-state index in [1.54, 1.807) is 0 Å². The van der Waals surface area contributed by atoms with E-state index in [0.29, 0.717) is 11.8 Å². The van der Waals surface area contributed by atoms with Crippen molar-refractivity contribution in [3.63, 3.8) is 0 Å². The Hall–Kier alpha value is -0.620. The number of rotatable bonds is 4. The minimum atomic E-state index is -0.00236. The van der Waals surface area contributed by atoms with Crippen molar-refractivity contribution in [1.29, 1.82) is 5.26 Å². The van der Waals surface area contributed by atoms with Crippen molar-refractivity contribution >= 4 is 17.2 Å². The van der Waals surface area contributed by atoms with Crippen LogP contribution in [0.15, 0.2) is 0 Å². The van der Waals surface area contributed by atoms with Crippen LogP contribution in [0.3, 0.4) is 0 Å². The van der Waals surface area contributed by atoms with Gasteiger partial charge in [0.25, 0.3) is 0 Å². The van der Waals surface area contributed by atoms with Gasteiger partial charge in [0, 0.05) is 13.0 Å². The first-order valence-electron chi connectivity index (χ1n) is 5.83. The summed E-state index contributed by atoms with van der Waals surface area (Å²) < 4.78 is 0. The molecule has 2 nitrogen and oxygen atoms in total. The summed E-state index contributed by atoms with van der Waals surface area (Å²) >= 11 is 5.35. The Labute approximate surface area is 98.3 Å². The molecule has 0 bridgehead atoms. The number of hydrogen-bond acceptors (Lipinski definition) is 2. The lowest BCUT2D eigenvalue weighted by atomic mass is 9.94. The van der Waals surface area contributed by atoms with Gasteiger partial charge in [-0.3, -0.25) is 0 Å². The summed E-state index contributed by atoms with van der Waals surface area (Å²) in [6.45, 7) is 7.48. The van der Waals surface area contributed by atoms with Crippen molar-refractivity contribution in [2.24, 2.45) is 11.8 Å². The van der Waals surface area contributed by atoms with Crippen molar-refractivity contribution in [3.8, 4) is 6.07 Å². The van der Waals surface area contributed by atoms with Crippen LogP contribution in [0.1, 0.15) is 40.0 Å². The second kappa shape index (κ2) is 5.46. The lowest BCUT2D eigenvalue weighted by molar-refractivity contribution is 0.269. The van der Waals surface area contributed by atoms with Crippen molar-refractivity contribution in [2.45, 2.75) is 46.1 Å². The second-order valence-electron chi connectivity index (χ2n) is 4.51. The fourth-order valence-corrected chi connectivity index (χ4v) is 2.82. The van der Waals surface area contributed by atoms with E-state index in [9.17, 15) is 5.26 Å². The number of nitrogens with zero attached hydrogens (tertiary/aromatic N) is 2. The maximum atomic E-state index is 9.27. The molecule has 1 aliphatic rings. The predicted octanol–water partition coefficient (Wildman–Crippen LogP) is 2.98. The topological polar surface area (TPSA) is 27.0 Å². The Bertz CT molecular complexity index is 265. The van der Waals surface area contributed by atoms with Gasteiger partial charge in [-0.05, 0) is 11.8 Å². The number of likely N-dealkylation sites (tertiary alicyclic amines) is 1. The van der Waals surface area contributed by atoms with Crippen LogP contribution in [0.5, 0.6) is 0 Å². The van der Waals surface area contributed by atoms with E-state index in [0.717, 1.165) is 30.8 Å². The molecule has 0 saturated carbocycles. The maximum absolute atomic E-state index is 9.27. The fourth-order valence-electron chi connectivity index (χ4n) is 2.35. The molecule has 2 unspecified atom stereocenters. The highest BCUT2D eigenvalue weighted by molar-refractivity contribution is 7.80. The second-order valence-corrected chi connectivity index (χ2v) is 4.98. The summed E-state index contributed by atoms with van der Waals surface area (Å²) in [5, 5.41) is 9.27. The molecule has 0 aromatic carbocycles. The molecule has 1 heterocycles. The van der Waals surface area contributed by atoms with E-state index >= 15 is 0 Å². The zero-order valence-corrected chi connectivity index (χ0v) is 10.7. The van der Waals surface area contributed by atoms with Crippen LogP contribution in [0, 0.1) is 23.2 Å². The molecule has 15 heavy (non-hydrogen) atoms. The summed E-state index contributed by atoms with van der Waals surface area (Å²) in [5.74, 6) is 1.07. The standard InChI is InChI=1S/C12H20N2S/c1-4-10(5-2)11(7-13)14-8-9(3)6-12(14)15/h9-11H,4-6,8H2,1-3H3. The van der Waals surface area contributed by atoms with E-state index in [2.05, 4.69) is 31.7 Å². The molecular formula is C12H20N2S. The molecular weight excluding hydrogens is 204 g/mol. The molecule has 0 aliphatic carbocycles. The highest BCUT2D eigenvalue weighted by Gasteiger charge is 2.32. The van der Waals surface area contributed by atoms with Crippen LogP contribution in [0.4, 0.5) is 0 Å². The molecule has 1 aliphatic heterocycles. The number of thiocarbonyl (C=S) groups is 1. The quantitative estimate of drug-likeness (QED) is 0.687. The minimum Gasteiger partial charge on any atom is -0.350 e. The maximum Gasteiger partial charge on any atom is 0.120 e. The molecule has 1 rings (SSSR count). The normalized spacial score (nSPS) is 23.3. The Morgan fingerprint density at radius 2 is 2.13 bits per heavy atom. The first-order valence-corrected chi connectivity index (χ1v) is 6.23. The molecule has 84 valence electrons. The van der Waals surface area contributed by atoms with E-state index in [1.807, 2.05) is 0 Å². The van der Waals surface area contributed by atoms with Crippen LogP contribution in [0.2, 0.25) is 0 Å². The van der Waals surface area contributed by atoms with Gasteiger partial charge >= 0.3 is 0 Å². The summed E-state index contributed by atoms with van der Waals surface area (Å²) in [5.41, 5.74) is 0. The van der Waals surface area contributed by atoms with Crippen LogP contribution < -0.4 is 0 Å². The van der Waals surface area contributed by atoms with Crippen LogP contribution in [-0.4, -0.2) is 22.5 Å². The smallest absolute Gasteiger partial charge is 0.120 e. The molecule has 1 fully saturated rings. The summed E-state index contributed by atoms with van der Waals surface area (Å²) in [6.07, 6.45) is 3.10. The fraction of sp³-hybridized carbons (Fsp3) is 0.833. The first kappa shape index (κ1) is 12.4. The Morgan fingerprint density at radius 3 is 2.47 bits per heavy atom. The molecule has 0 amide bonds. The van der Waals surface area contributed by atoms with Gasteiger partial charge in [-0.1, -0.05) is 45.8 Å². The molecule has 1 saturated heterocycles. The largest absolute Gasteiger partial charge is 0.350 e. The van der Waals surface area contributed by atoms with Gasteiger partial charge in [0.1, 0.15) is 6.04 Å². The minimum absolute atomic E-state index is 0.00236. The van der Waals surface area contributed by atoms with Crippen molar-refractivity contribution in [2.75, 3.05) is 6.54 Å². The van der Waals surface area contributed by atoms with Crippen molar-refractivity contribution in [1.82, 2.24) is 4.90 Å². The first-order chi connectivity index (χ1) is 7.13. The summed E-state index contributed by atoms with van der Waals surface area (Å²) in [7, 11) is 0. The van der Waals surface area contributed by atoms with Crippen molar-refractivity contribution in [3.05, 3.63) is 0 Å². The molecule has 2 atom stereocenters. The van der Waals surface area contributed by atoms with E-state index in [4.69, 9.17) is 12.2 Å². The highest BCUT2D eigenvalue weighted by Crippen LogP contribution is 2.26. The van der Waals surface area contributed by atoms with E-state index in [-0.39, 0.29) is 6.04 Å². The zero-order chi connectivity index (χ0) is 11.4. The van der Waals surface area contributed by atoms with E-state index < -0.39 is 0 Å². The van der Waals surface area contributed by atoms with Gasteiger partial charge in [-0.2, -0.15) is 5.26 Å². The number of hydrogen-bond donors (Lipinski definition) is 0. The predicted molar refractivity (Wildman–Crippen MR) is 66.6 cm³/mol. The average molecular weight is 224 g/mol. The summed E-state index contributed by atoms with van der Waals surface area (Å²) in [4.78, 5) is 3.14. The summed E-state index contributed by atoms with van der Waals surface area (Å²) in [6, 6.07) is 2.43. The molecule has 0 radical (unpaired) electrons. The molecule has 0 N–H and O–H groups in total. The monoisotopic (exact) mass is 224 g/mol.